The van der Waals surface area contributed by atoms with Crippen molar-refractivity contribution in [2.24, 2.45) is 0 Å². The van der Waals surface area contributed by atoms with Gasteiger partial charge in [-0.15, -0.1) is 0 Å². The minimum absolute atomic E-state index is 0.0690. The SMILES string of the molecule is C1COCCO1.CNCC(=O)OC(C)=O. The summed E-state index contributed by atoms with van der Waals surface area (Å²) in [5.74, 6) is -1.12. The molecular weight excluding hydrogens is 202 g/mol. The number of likely N-dealkylation sites (N-methyl/N-ethyl adjacent to an activating group) is 1. The molecule has 0 saturated carbocycles. The van der Waals surface area contributed by atoms with E-state index in [1.165, 1.54) is 6.92 Å². The number of hydrogen-bond acceptors (Lipinski definition) is 6. The van der Waals surface area contributed by atoms with E-state index in [1.54, 1.807) is 7.05 Å². The molecule has 6 nitrogen and oxygen atoms in total. The quantitative estimate of drug-likeness (QED) is 0.490. The molecule has 0 spiro atoms. The fraction of sp³-hybridized carbons (Fsp3) is 0.778. The molecule has 15 heavy (non-hydrogen) atoms. The Morgan fingerprint density at radius 1 is 1.20 bits per heavy atom. The van der Waals surface area contributed by atoms with Crippen LogP contribution in [0.2, 0.25) is 0 Å². The second kappa shape index (κ2) is 9.57. The molecule has 1 aliphatic heterocycles. The zero-order valence-electron chi connectivity index (χ0n) is 9.08. The lowest BCUT2D eigenvalue weighted by Gasteiger charge is -2.09. The van der Waals surface area contributed by atoms with Gasteiger partial charge in [0.15, 0.2) is 0 Å². The first kappa shape index (κ1) is 14.0. The normalized spacial score (nSPS) is 14.8. The van der Waals surface area contributed by atoms with Crippen LogP contribution in [0, 0.1) is 0 Å². The predicted molar refractivity (Wildman–Crippen MR) is 52.3 cm³/mol. The largest absolute Gasteiger partial charge is 0.392 e. The van der Waals surface area contributed by atoms with Gasteiger partial charge >= 0.3 is 11.9 Å². The van der Waals surface area contributed by atoms with Crippen LogP contribution >= 0.6 is 0 Å². The van der Waals surface area contributed by atoms with Crippen molar-refractivity contribution in [1.82, 2.24) is 5.32 Å². The summed E-state index contributed by atoms with van der Waals surface area (Å²) < 4.78 is 14.0. The Hall–Kier alpha value is -0.980. The molecule has 0 amide bonds. The van der Waals surface area contributed by atoms with E-state index in [2.05, 4.69) is 10.1 Å². The smallest absolute Gasteiger partial charge is 0.327 e. The van der Waals surface area contributed by atoms with Gasteiger partial charge < -0.3 is 19.5 Å². The summed E-state index contributed by atoms with van der Waals surface area (Å²) in [5.41, 5.74) is 0. The van der Waals surface area contributed by atoms with Gasteiger partial charge in [0, 0.05) is 6.92 Å². The fourth-order valence-electron chi connectivity index (χ4n) is 0.781. The third kappa shape index (κ3) is 10.9. The van der Waals surface area contributed by atoms with Crippen molar-refractivity contribution >= 4 is 11.9 Å². The molecule has 1 saturated heterocycles. The standard InChI is InChI=1S/C5H9NO3.C4H8O2/c1-4(7)9-5(8)3-6-2;1-2-6-4-3-5-1/h6H,3H2,1-2H3;1-4H2. The molecule has 6 heteroatoms. The van der Waals surface area contributed by atoms with Crippen molar-refractivity contribution < 1.29 is 23.8 Å². The molecular formula is C9H17NO5. The summed E-state index contributed by atoms with van der Waals surface area (Å²) in [7, 11) is 1.60. The summed E-state index contributed by atoms with van der Waals surface area (Å²) in [6, 6.07) is 0. The van der Waals surface area contributed by atoms with Crippen LogP contribution < -0.4 is 5.32 Å². The monoisotopic (exact) mass is 219 g/mol. The third-order valence-electron chi connectivity index (χ3n) is 1.32. The van der Waals surface area contributed by atoms with Gasteiger partial charge in [0.2, 0.25) is 0 Å². The Balaban J connectivity index is 0.000000280. The summed E-state index contributed by atoms with van der Waals surface area (Å²) in [5, 5.41) is 2.55. The number of rotatable bonds is 2. The van der Waals surface area contributed by atoms with E-state index in [4.69, 9.17) is 9.47 Å². The summed E-state index contributed by atoms with van der Waals surface area (Å²) in [4.78, 5) is 20.4. The van der Waals surface area contributed by atoms with E-state index in [9.17, 15) is 9.59 Å². The Labute approximate surface area is 88.9 Å². The van der Waals surface area contributed by atoms with Crippen LogP contribution in [0.15, 0.2) is 0 Å². The lowest BCUT2D eigenvalue weighted by Crippen LogP contribution is -2.22. The zero-order valence-corrected chi connectivity index (χ0v) is 9.08. The van der Waals surface area contributed by atoms with Gasteiger partial charge in [-0.05, 0) is 7.05 Å². The van der Waals surface area contributed by atoms with Crippen LogP contribution in [0.5, 0.6) is 0 Å². The van der Waals surface area contributed by atoms with Gasteiger partial charge in [-0.3, -0.25) is 9.59 Å². The van der Waals surface area contributed by atoms with Crippen molar-refractivity contribution in [1.29, 1.82) is 0 Å². The highest BCUT2D eigenvalue weighted by molar-refractivity contribution is 5.85. The van der Waals surface area contributed by atoms with Gasteiger partial charge in [0.25, 0.3) is 0 Å². The van der Waals surface area contributed by atoms with E-state index in [0.717, 1.165) is 26.4 Å². The van der Waals surface area contributed by atoms with Crippen molar-refractivity contribution in [2.75, 3.05) is 40.0 Å². The first-order chi connectivity index (χ1) is 7.16. The molecule has 0 aromatic heterocycles. The van der Waals surface area contributed by atoms with Crippen LogP contribution in [0.3, 0.4) is 0 Å². The third-order valence-corrected chi connectivity index (χ3v) is 1.32. The molecule has 0 bridgehead atoms. The summed E-state index contributed by atoms with van der Waals surface area (Å²) in [6.45, 7) is 4.37. The highest BCUT2D eigenvalue weighted by atomic mass is 16.6. The lowest BCUT2D eigenvalue weighted by molar-refractivity contribution is -0.157. The molecule has 0 atom stereocenters. The number of ether oxygens (including phenoxy) is 3. The van der Waals surface area contributed by atoms with Gasteiger partial charge in [0.1, 0.15) is 0 Å². The predicted octanol–water partition coefficient (Wildman–Crippen LogP) is -0.671. The molecule has 0 radical (unpaired) electrons. The molecule has 0 aromatic carbocycles. The topological polar surface area (TPSA) is 73.9 Å². The van der Waals surface area contributed by atoms with E-state index >= 15 is 0 Å². The van der Waals surface area contributed by atoms with Crippen LogP contribution in [0.25, 0.3) is 0 Å². The van der Waals surface area contributed by atoms with Gasteiger partial charge in [-0.2, -0.15) is 0 Å². The van der Waals surface area contributed by atoms with Crippen LogP contribution in [0.1, 0.15) is 6.92 Å². The highest BCUT2D eigenvalue weighted by Crippen LogP contribution is 1.85. The molecule has 1 aliphatic rings. The number of esters is 2. The lowest BCUT2D eigenvalue weighted by atomic mass is 10.6. The van der Waals surface area contributed by atoms with E-state index in [0.29, 0.717) is 0 Å². The Bertz CT molecular complexity index is 179. The van der Waals surface area contributed by atoms with Crippen molar-refractivity contribution in [3.63, 3.8) is 0 Å². The Morgan fingerprint density at radius 3 is 1.93 bits per heavy atom. The van der Waals surface area contributed by atoms with Crippen LogP contribution in [-0.2, 0) is 23.8 Å². The number of carbonyl (C=O) groups is 2. The summed E-state index contributed by atoms with van der Waals surface area (Å²) >= 11 is 0. The average molecular weight is 219 g/mol. The van der Waals surface area contributed by atoms with Gasteiger partial charge in [-0.25, -0.2) is 0 Å². The Morgan fingerprint density at radius 2 is 1.67 bits per heavy atom. The minimum atomic E-state index is -0.574. The average Bonchev–Trinajstić information content (AvgIpc) is 2.20. The van der Waals surface area contributed by atoms with E-state index < -0.39 is 11.9 Å². The first-order valence-corrected chi connectivity index (χ1v) is 4.68. The maximum atomic E-state index is 10.3. The molecule has 0 aliphatic carbocycles. The van der Waals surface area contributed by atoms with Crippen molar-refractivity contribution in [3.05, 3.63) is 0 Å². The van der Waals surface area contributed by atoms with Crippen LogP contribution in [0.4, 0.5) is 0 Å². The minimum Gasteiger partial charge on any atom is -0.392 e. The first-order valence-electron chi connectivity index (χ1n) is 4.68. The fourth-order valence-corrected chi connectivity index (χ4v) is 0.781. The number of carbonyl (C=O) groups excluding carboxylic acids is 2. The molecule has 1 rings (SSSR count). The second-order valence-corrected chi connectivity index (χ2v) is 2.72. The van der Waals surface area contributed by atoms with E-state index in [1.807, 2.05) is 0 Å². The molecule has 0 aromatic rings. The van der Waals surface area contributed by atoms with Crippen LogP contribution in [-0.4, -0.2) is 52.0 Å². The maximum Gasteiger partial charge on any atom is 0.327 e. The highest BCUT2D eigenvalue weighted by Gasteiger charge is 2.01. The van der Waals surface area contributed by atoms with Crippen molar-refractivity contribution in [3.8, 4) is 0 Å². The zero-order chi connectivity index (χ0) is 11.5. The van der Waals surface area contributed by atoms with Gasteiger partial charge in [0.05, 0.1) is 33.0 Å². The summed E-state index contributed by atoms with van der Waals surface area (Å²) in [6.07, 6.45) is 0. The number of nitrogens with one attached hydrogen (secondary N) is 1. The van der Waals surface area contributed by atoms with E-state index in [-0.39, 0.29) is 6.54 Å². The molecule has 1 N–H and O–H groups in total. The Kier molecular flexibility index (Phi) is 8.95. The molecule has 1 fully saturated rings. The maximum absolute atomic E-state index is 10.3. The molecule has 0 unspecified atom stereocenters. The molecule has 88 valence electrons. The number of hydrogen-bond donors (Lipinski definition) is 1. The van der Waals surface area contributed by atoms with Crippen molar-refractivity contribution in [2.45, 2.75) is 6.92 Å². The molecule has 1 heterocycles. The second-order valence-electron chi connectivity index (χ2n) is 2.72. The van der Waals surface area contributed by atoms with Gasteiger partial charge in [-0.1, -0.05) is 0 Å².